The Kier molecular flexibility index (Phi) is 4.93. The van der Waals surface area contributed by atoms with E-state index in [1.807, 2.05) is 13.8 Å². The van der Waals surface area contributed by atoms with Crippen LogP contribution in [0.2, 0.25) is 0 Å². The van der Waals surface area contributed by atoms with E-state index in [4.69, 9.17) is 4.74 Å². The standard InChI is InChI=1S/C15H20N2OS/c1-4-18-9-11(2)16-14-7-5-13(6-8-14)15-10-19-12(3)17-15/h5-8,10-11,16H,4,9H2,1-3H3. The second kappa shape index (κ2) is 6.68. The molecule has 4 heteroatoms. The zero-order valence-corrected chi connectivity index (χ0v) is 12.5. The molecule has 1 aromatic heterocycles. The number of ether oxygens (including phenoxy) is 1. The Morgan fingerprint density at radius 3 is 2.63 bits per heavy atom. The summed E-state index contributed by atoms with van der Waals surface area (Å²) in [6.07, 6.45) is 0. The molecule has 1 heterocycles. The number of anilines is 1. The lowest BCUT2D eigenvalue weighted by atomic mass is 10.1. The molecule has 0 saturated heterocycles. The van der Waals surface area contributed by atoms with Crippen molar-refractivity contribution in [2.75, 3.05) is 18.5 Å². The second-order valence-electron chi connectivity index (χ2n) is 4.53. The van der Waals surface area contributed by atoms with Crippen LogP contribution in [0.15, 0.2) is 29.6 Å². The first-order chi connectivity index (χ1) is 9.19. The predicted octanol–water partition coefficient (Wildman–Crippen LogP) is 3.96. The van der Waals surface area contributed by atoms with Crippen LogP contribution in [0.4, 0.5) is 5.69 Å². The van der Waals surface area contributed by atoms with Crippen LogP contribution in [-0.4, -0.2) is 24.2 Å². The Morgan fingerprint density at radius 2 is 2.05 bits per heavy atom. The third-order valence-electron chi connectivity index (χ3n) is 2.78. The molecule has 0 amide bonds. The topological polar surface area (TPSA) is 34.1 Å². The largest absolute Gasteiger partial charge is 0.380 e. The molecule has 1 aromatic carbocycles. The number of hydrogen-bond donors (Lipinski definition) is 1. The fourth-order valence-corrected chi connectivity index (χ4v) is 2.48. The number of rotatable bonds is 6. The van der Waals surface area contributed by atoms with E-state index in [2.05, 4.69) is 46.9 Å². The van der Waals surface area contributed by atoms with E-state index >= 15 is 0 Å². The molecular formula is C15H20N2OS. The Bertz CT molecular complexity index is 507. The summed E-state index contributed by atoms with van der Waals surface area (Å²) in [6, 6.07) is 8.69. The van der Waals surface area contributed by atoms with Gasteiger partial charge in [-0.05, 0) is 32.9 Å². The van der Waals surface area contributed by atoms with E-state index in [-0.39, 0.29) is 0 Å². The van der Waals surface area contributed by atoms with Crippen LogP contribution in [0.5, 0.6) is 0 Å². The summed E-state index contributed by atoms with van der Waals surface area (Å²) < 4.78 is 5.39. The SMILES string of the molecule is CCOCC(C)Nc1ccc(-c2csc(C)n2)cc1. The molecule has 1 unspecified atom stereocenters. The van der Waals surface area contributed by atoms with Gasteiger partial charge in [0, 0.05) is 29.3 Å². The first-order valence-electron chi connectivity index (χ1n) is 6.56. The fraction of sp³-hybridized carbons (Fsp3) is 0.400. The van der Waals surface area contributed by atoms with Gasteiger partial charge in [0.25, 0.3) is 0 Å². The number of nitrogens with one attached hydrogen (secondary N) is 1. The average Bonchev–Trinajstić information content (AvgIpc) is 2.84. The summed E-state index contributed by atoms with van der Waals surface area (Å²) in [7, 11) is 0. The van der Waals surface area contributed by atoms with Crippen LogP contribution in [0.3, 0.4) is 0 Å². The molecule has 0 aliphatic heterocycles. The summed E-state index contributed by atoms with van der Waals surface area (Å²) in [5, 5.41) is 6.61. The molecule has 102 valence electrons. The molecule has 2 rings (SSSR count). The van der Waals surface area contributed by atoms with Crippen LogP contribution in [-0.2, 0) is 4.74 Å². The van der Waals surface area contributed by atoms with Crippen molar-refractivity contribution in [2.24, 2.45) is 0 Å². The van der Waals surface area contributed by atoms with Crippen molar-refractivity contribution in [1.82, 2.24) is 4.98 Å². The Morgan fingerprint density at radius 1 is 1.32 bits per heavy atom. The van der Waals surface area contributed by atoms with E-state index in [1.165, 1.54) is 0 Å². The van der Waals surface area contributed by atoms with Gasteiger partial charge in [-0.15, -0.1) is 11.3 Å². The number of aromatic nitrogens is 1. The van der Waals surface area contributed by atoms with Crippen molar-refractivity contribution in [3.63, 3.8) is 0 Å². The highest BCUT2D eigenvalue weighted by Gasteiger charge is 2.04. The average molecular weight is 276 g/mol. The van der Waals surface area contributed by atoms with Gasteiger partial charge in [0.05, 0.1) is 17.3 Å². The first-order valence-corrected chi connectivity index (χ1v) is 7.44. The molecule has 1 N–H and O–H groups in total. The van der Waals surface area contributed by atoms with Gasteiger partial charge in [0.2, 0.25) is 0 Å². The molecule has 0 aliphatic rings. The quantitative estimate of drug-likeness (QED) is 0.867. The van der Waals surface area contributed by atoms with Crippen LogP contribution in [0.25, 0.3) is 11.3 Å². The maximum absolute atomic E-state index is 5.39. The number of hydrogen-bond acceptors (Lipinski definition) is 4. The minimum Gasteiger partial charge on any atom is -0.380 e. The highest BCUT2D eigenvalue weighted by Crippen LogP contribution is 2.23. The van der Waals surface area contributed by atoms with Gasteiger partial charge >= 0.3 is 0 Å². The maximum atomic E-state index is 5.39. The van der Waals surface area contributed by atoms with Crippen molar-refractivity contribution in [2.45, 2.75) is 26.8 Å². The second-order valence-corrected chi connectivity index (χ2v) is 5.60. The zero-order valence-electron chi connectivity index (χ0n) is 11.6. The number of thiazole rings is 1. The minimum atomic E-state index is 0.312. The molecule has 1 atom stereocenters. The van der Waals surface area contributed by atoms with Crippen LogP contribution in [0.1, 0.15) is 18.9 Å². The van der Waals surface area contributed by atoms with Gasteiger partial charge in [-0.3, -0.25) is 0 Å². The molecule has 0 bridgehead atoms. The van der Waals surface area contributed by atoms with E-state index < -0.39 is 0 Å². The molecule has 0 spiro atoms. The van der Waals surface area contributed by atoms with Gasteiger partial charge in [0.15, 0.2) is 0 Å². The monoisotopic (exact) mass is 276 g/mol. The van der Waals surface area contributed by atoms with E-state index in [9.17, 15) is 0 Å². The Balaban J connectivity index is 1.98. The van der Waals surface area contributed by atoms with Crippen LogP contribution in [0, 0.1) is 6.92 Å². The Hall–Kier alpha value is -1.39. The van der Waals surface area contributed by atoms with Crippen molar-refractivity contribution in [1.29, 1.82) is 0 Å². The summed E-state index contributed by atoms with van der Waals surface area (Å²) in [4.78, 5) is 4.49. The van der Waals surface area contributed by atoms with E-state index in [0.29, 0.717) is 6.04 Å². The minimum absolute atomic E-state index is 0.312. The summed E-state index contributed by atoms with van der Waals surface area (Å²) in [5.74, 6) is 0. The van der Waals surface area contributed by atoms with Crippen molar-refractivity contribution < 1.29 is 4.74 Å². The smallest absolute Gasteiger partial charge is 0.0901 e. The van der Waals surface area contributed by atoms with Crippen LogP contribution >= 0.6 is 11.3 Å². The normalized spacial score (nSPS) is 12.4. The summed E-state index contributed by atoms with van der Waals surface area (Å²) in [6.45, 7) is 7.64. The Labute approximate surface area is 118 Å². The number of benzene rings is 1. The van der Waals surface area contributed by atoms with E-state index in [1.54, 1.807) is 11.3 Å². The number of aryl methyl sites for hydroxylation is 1. The molecule has 0 saturated carbocycles. The lowest BCUT2D eigenvalue weighted by Gasteiger charge is -2.15. The van der Waals surface area contributed by atoms with E-state index in [0.717, 1.165) is 35.2 Å². The maximum Gasteiger partial charge on any atom is 0.0901 e. The van der Waals surface area contributed by atoms with Gasteiger partial charge < -0.3 is 10.1 Å². The number of nitrogens with zero attached hydrogens (tertiary/aromatic N) is 1. The van der Waals surface area contributed by atoms with Crippen molar-refractivity contribution in [3.8, 4) is 11.3 Å². The highest BCUT2D eigenvalue weighted by molar-refractivity contribution is 7.09. The third kappa shape index (κ3) is 4.04. The molecule has 0 radical (unpaired) electrons. The highest BCUT2D eigenvalue weighted by atomic mass is 32.1. The van der Waals surface area contributed by atoms with Gasteiger partial charge in [-0.1, -0.05) is 12.1 Å². The van der Waals surface area contributed by atoms with Gasteiger partial charge in [-0.2, -0.15) is 0 Å². The molecule has 3 nitrogen and oxygen atoms in total. The molecule has 2 aromatic rings. The summed E-state index contributed by atoms with van der Waals surface area (Å²) in [5.41, 5.74) is 3.33. The molecule has 19 heavy (non-hydrogen) atoms. The lowest BCUT2D eigenvalue weighted by Crippen LogP contribution is -2.21. The van der Waals surface area contributed by atoms with Crippen molar-refractivity contribution in [3.05, 3.63) is 34.7 Å². The first kappa shape index (κ1) is 14.0. The summed E-state index contributed by atoms with van der Waals surface area (Å²) >= 11 is 1.68. The van der Waals surface area contributed by atoms with Crippen LogP contribution < -0.4 is 5.32 Å². The lowest BCUT2D eigenvalue weighted by molar-refractivity contribution is 0.141. The predicted molar refractivity (Wildman–Crippen MR) is 81.9 cm³/mol. The van der Waals surface area contributed by atoms with Gasteiger partial charge in [-0.25, -0.2) is 4.98 Å². The third-order valence-corrected chi connectivity index (χ3v) is 3.56. The zero-order chi connectivity index (χ0) is 13.7. The molecule has 0 aliphatic carbocycles. The van der Waals surface area contributed by atoms with Gasteiger partial charge in [0.1, 0.15) is 0 Å². The van der Waals surface area contributed by atoms with Crippen molar-refractivity contribution >= 4 is 17.0 Å². The fourth-order valence-electron chi connectivity index (χ4n) is 1.85. The molecule has 0 fully saturated rings. The molecular weight excluding hydrogens is 256 g/mol.